The van der Waals surface area contributed by atoms with Crippen molar-refractivity contribution in [3.8, 4) is 0 Å². The number of piperazine rings is 1. The minimum absolute atomic E-state index is 0.145. The first-order chi connectivity index (χ1) is 7.78. The third kappa shape index (κ3) is 2.57. The molecule has 2 atom stereocenters. The molecule has 0 aromatic heterocycles. The maximum Gasteiger partial charge on any atom is 0.410 e. The fourth-order valence-corrected chi connectivity index (χ4v) is 2.87. The van der Waals surface area contributed by atoms with Crippen molar-refractivity contribution in [1.82, 2.24) is 9.80 Å². The fraction of sp³-hybridized carbons (Fsp3) is 0.923. The van der Waals surface area contributed by atoms with Crippen LogP contribution in [0.15, 0.2) is 0 Å². The van der Waals surface area contributed by atoms with Crippen LogP contribution in [-0.2, 0) is 4.74 Å². The molecule has 0 aromatic rings. The molecule has 2 rings (SSSR count). The Bertz CT molecular complexity index is 309. The van der Waals surface area contributed by atoms with Crippen molar-refractivity contribution >= 4 is 6.09 Å². The summed E-state index contributed by atoms with van der Waals surface area (Å²) >= 11 is 0. The topological polar surface area (TPSA) is 32.8 Å². The zero-order chi connectivity index (χ0) is 12.8. The summed E-state index contributed by atoms with van der Waals surface area (Å²) < 4.78 is 5.44. The SMILES string of the molecule is CC(C)N1C[C@@H]2C[C@H]1CN2C(=O)OC(C)(C)C. The Labute approximate surface area is 104 Å². The maximum atomic E-state index is 12.0. The minimum atomic E-state index is -0.392. The van der Waals surface area contributed by atoms with Gasteiger partial charge in [0.25, 0.3) is 0 Å². The van der Waals surface area contributed by atoms with E-state index >= 15 is 0 Å². The summed E-state index contributed by atoms with van der Waals surface area (Å²) in [6.45, 7) is 12.0. The van der Waals surface area contributed by atoms with Crippen LogP contribution in [0.3, 0.4) is 0 Å². The van der Waals surface area contributed by atoms with Crippen LogP contribution >= 0.6 is 0 Å². The first-order valence-corrected chi connectivity index (χ1v) is 6.53. The van der Waals surface area contributed by atoms with Gasteiger partial charge in [-0.25, -0.2) is 4.79 Å². The third-order valence-corrected chi connectivity index (χ3v) is 3.57. The quantitative estimate of drug-likeness (QED) is 0.703. The number of amides is 1. The van der Waals surface area contributed by atoms with Gasteiger partial charge >= 0.3 is 6.09 Å². The highest BCUT2D eigenvalue weighted by atomic mass is 16.6. The predicted octanol–water partition coefficient (Wildman–Crippen LogP) is 2.09. The normalized spacial score (nSPS) is 29.2. The number of likely N-dealkylation sites (tertiary alicyclic amines) is 2. The zero-order valence-corrected chi connectivity index (χ0v) is 11.6. The predicted molar refractivity (Wildman–Crippen MR) is 67.0 cm³/mol. The molecule has 0 saturated carbocycles. The standard InChI is InChI=1S/C13H24N2O2/c1-9(2)14-7-11-6-10(14)8-15(11)12(16)17-13(3,4)5/h9-11H,6-8H2,1-5H3/t10-,11-/m0/s1. The molecule has 1 amide bonds. The largest absolute Gasteiger partial charge is 0.444 e. The van der Waals surface area contributed by atoms with E-state index in [9.17, 15) is 4.79 Å². The number of carbonyl (C=O) groups is 1. The molecule has 0 N–H and O–H groups in total. The molecule has 2 bridgehead atoms. The van der Waals surface area contributed by atoms with Crippen LogP contribution in [0.2, 0.25) is 0 Å². The second-order valence-corrected chi connectivity index (χ2v) is 6.47. The van der Waals surface area contributed by atoms with Crippen LogP contribution < -0.4 is 0 Å². The number of ether oxygens (including phenoxy) is 1. The minimum Gasteiger partial charge on any atom is -0.444 e. The van der Waals surface area contributed by atoms with Gasteiger partial charge in [-0.05, 0) is 41.0 Å². The van der Waals surface area contributed by atoms with Gasteiger partial charge in [0, 0.05) is 31.2 Å². The molecule has 0 radical (unpaired) electrons. The van der Waals surface area contributed by atoms with Crippen molar-refractivity contribution in [3.63, 3.8) is 0 Å². The molecular weight excluding hydrogens is 216 g/mol. The molecule has 17 heavy (non-hydrogen) atoms. The van der Waals surface area contributed by atoms with Crippen LogP contribution in [0.5, 0.6) is 0 Å². The lowest BCUT2D eigenvalue weighted by atomic mass is 10.2. The first kappa shape index (κ1) is 12.7. The van der Waals surface area contributed by atoms with Crippen molar-refractivity contribution in [3.05, 3.63) is 0 Å². The molecule has 4 heteroatoms. The molecule has 2 aliphatic rings. The van der Waals surface area contributed by atoms with Gasteiger partial charge in [-0.1, -0.05) is 0 Å². The van der Waals surface area contributed by atoms with Crippen molar-refractivity contribution in [2.75, 3.05) is 13.1 Å². The summed E-state index contributed by atoms with van der Waals surface area (Å²) in [6.07, 6.45) is 0.964. The summed E-state index contributed by atoms with van der Waals surface area (Å²) in [5, 5.41) is 0. The van der Waals surface area contributed by atoms with Crippen molar-refractivity contribution in [1.29, 1.82) is 0 Å². The van der Waals surface area contributed by atoms with Crippen LogP contribution in [-0.4, -0.2) is 52.7 Å². The van der Waals surface area contributed by atoms with E-state index in [1.54, 1.807) is 0 Å². The lowest BCUT2D eigenvalue weighted by Gasteiger charge is -2.37. The fourth-order valence-electron chi connectivity index (χ4n) is 2.87. The number of carbonyl (C=O) groups excluding carboxylic acids is 1. The van der Waals surface area contributed by atoms with E-state index in [0.717, 1.165) is 19.5 Å². The van der Waals surface area contributed by atoms with E-state index in [-0.39, 0.29) is 6.09 Å². The van der Waals surface area contributed by atoms with Gasteiger partial charge in [-0.2, -0.15) is 0 Å². The lowest BCUT2D eigenvalue weighted by molar-refractivity contribution is 0.0104. The molecule has 0 aliphatic carbocycles. The van der Waals surface area contributed by atoms with Gasteiger partial charge in [-0.15, -0.1) is 0 Å². The summed E-state index contributed by atoms with van der Waals surface area (Å²) in [7, 11) is 0. The van der Waals surface area contributed by atoms with Crippen LogP contribution in [0.1, 0.15) is 41.0 Å². The first-order valence-electron chi connectivity index (χ1n) is 6.53. The highest BCUT2D eigenvalue weighted by Crippen LogP contribution is 2.32. The number of rotatable bonds is 1. The molecule has 98 valence electrons. The van der Waals surface area contributed by atoms with E-state index in [1.165, 1.54) is 0 Å². The van der Waals surface area contributed by atoms with E-state index < -0.39 is 5.60 Å². The number of hydrogen-bond acceptors (Lipinski definition) is 3. The molecular formula is C13H24N2O2. The Morgan fingerprint density at radius 3 is 2.29 bits per heavy atom. The summed E-state index contributed by atoms with van der Waals surface area (Å²) in [5.41, 5.74) is -0.392. The van der Waals surface area contributed by atoms with Gasteiger partial charge in [0.05, 0.1) is 0 Å². The molecule has 2 heterocycles. The van der Waals surface area contributed by atoms with E-state index in [2.05, 4.69) is 18.7 Å². The second kappa shape index (κ2) is 4.16. The average molecular weight is 240 g/mol. The van der Waals surface area contributed by atoms with E-state index in [0.29, 0.717) is 18.1 Å². The highest BCUT2D eigenvalue weighted by Gasteiger charge is 2.46. The summed E-state index contributed by atoms with van der Waals surface area (Å²) in [4.78, 5) is 16.4. The molecule has 4 nitrogen and oxygen atoms in total. The van der Waals surface area contributed by atoms with E-state index in [4.69, 9.17) is 4.74 Å². The average Bonchev–Trinajstić information content (AvgIpc) is 2.72. The third-order valence-electron chi connectivity index (χ3n) is 3.57. The Morgan fingerprint density at radius 2 is 1.88 bits per heavy atom. The number of hydrogen-bond donors (Lipinski definition) is 0. The molecule has 2 fully saturated rings. The molecule has 2 aliphatic heterocycles. The molecule has 2 saturated heterocycles. The lowest BCUT2D eigenvalue weighted by Crippen LogP contribution is -2.51. The van der Waals surface area contributed by atoms with Gasteiger partial charge in [-0.3, -0.25) is 4.90 Å². The summed E-state index contributed by atoms with van der Waals surface area (Å²) in [6, 6.07) is 1.47. The van der Waals surface area contributed by atoms with Crippen LogP contribution in [0.25, 0.3) is 0 Å². The Balaban J connectivity index is 1.94. The molecule has 0 aromatic carbocycles. The van der Waals surface area contributed by atoms with Crippen molar-refractivity contribution in [2.45, 2.75) is 64.8 Å². The van der Waals surface area contributed by atoms with Gasteiger partial charge in [0.2, 0.25) is 0 Å². The highest BCUT2D eigenvalue weighted by molar-refractivity contribution is 5.69. The summed E-state index contributed by atoms with van der Waals surface area (Å²) in [5.74, 6) is 0. The smallest absolute Gasteiger partial charge is 0.410 e. The van der Waals surface area contributed by atoms with Crippen molar-refractivity contribution < 1.29 is 9.53 Å². The monoisotopic (exact) mass is 240 g/mol. The number of fused-ring (bicyclic) bond motifs is 2. The van der Waals surface area contributed by atoms with E-state index in [1.807, 2.05) is 25.7 Å². The van der Waals surface area contributed by atoms with Crippen molar-refractivity contribution in [2.24, 2.45) is 0 Å². The number of nitrogens with zero attached hydrogens (tertiary/aromatic N) is 2. The Hall–Kier alpha value is -0.770. The Morgan fingerprint density at radius 1 is 1.24 bits per heavy atom. The van der Waals surface area contributed by atoms with Gasteiger partial charge in [0.1, 0.15) is 5.60 Å². The Kier molecular flexibility index (Phi) is 3.10. The maximum absolute atomic E-state index is 12.0. The molecule has 0 unspecified atom stereocenters. The zero-order valence-electron chi connectivity index (χ0n) is 11.6. The second-order valence-electron chi connectivity index (χ2n) is 6.47. The van der Waals surface area contributed by atoms with Gasteiger partial charge in [0.15, 0.2) is 0 Å². The van der Waals surface area contributed by atoms with Crippen LogP contribution in [0, 0.1) is 0 Å². The van der Waals surface area contributed by atoms with Gasteiger partial charge < -0.3 is 9.64 Å². The van der Waals surface area contributed by atoms with Crippen LogP contribution in [0.4, 0.5) is 4.79 Å². The molecule has 0 spiro atoms.